The molecule has 1 aliphatic heterocycles. The Morgan fingerprint density at radius 1 is 1.43 bits per heavy atom. The summed E-state index contributed by atoms with van der Waals surface area (Å²) in [7, 11) is 0. The minimum absolute atomic E-state index is 0.0835. The summed E-state index contributed by atoms with van der Waals surface area (Å²) in [5.74, 6) is -0.807. The topological polar surface area (TPSA) is 55.8 Å². The highest BCUT2D eigenvalue weighted by Gasteiger charge is 2.24. The lowest BCUT2D eigenvalue weighted by molar-refractivity contribution is -0.140. The summed E-state index contributed by atoms with van der Waals surface area (Å²) in [5.41, 5.74) is 0. The molecular weight excluding hydrogens is 184 g/mol. The Kier molecular flexibility index (Phi) is 4.35. The van der Waals surface area contributed by atoms with Crippen molar-refractivity contribution in [1.29, 1.82) is 0 Å². The van der Waals surface area contributed by atoms with Gasteiger partial charge in [-0.05, 0) is 26.7 Å². The monoisotopic (exact) mass is 202 g/mol. The predicted molar refractivity (Wildman–Crippen MR) is 51.2 cm³/mol. The van der Waals surface area contributed by atoms with Crippen molar-refractivity contribution in [1.82, 2.24) is 0 Å². The number of carboxylic acids is 1. The lowest BCUT2D eigenvalue weighted by Gasteiger charge is -2.31. The Bertz CT molecular complexity index is 183. The molecule has 82 valence electrons. The van der Waals surface area contributed by atoms with Gasteiger partial charge in [-0.25, -0.2) is 0 Å². The average molecular weight is 202 g/mol. The van der Waals surface area contributed by atoms with Crippen molar-refractivity contribution in [2.45, 2.75) is 51.4 Å². The molecule has 2 atom stereocenters. The first-order valence-corrected chi connectivity index (χ1v) is 5.06. The Balaban J connectivity index is 2.20. The summed E-state index contributed by atoms with van der Waals surface area (Å²) in [4.78, 5) is 10.3. The quantitative estimate of drug-likeness (QED) is 0.749. The molecule has 2 unspecified atom stereocenters. The SMILES string of the molecule is CC1CC(OCCC(=O)O)CC(C)O1. The molecule has 0 aromatic carbocycles. The molecule has 0 bridgehead atoms. The number of rotatable bonds is 4. The lowest BCUT2D eigenvalue weighted by Crippen LogP contribution is -2.34. The summed E-state index contributed by atoms with van der Waals surface area (Å²) in [5, 5.41) is 8.44. The van der Waals surface area contributed by atoms with Crippen molar-refractivity contribution in [3.8, 4) is 0 Å². The summed E-state index contributed by atoms with van der Waals surface area (Å²) in [6, 6.07) is 0. The Morgan fingerprint density at radius 3 is 2.50 bits per heavy atom. The first-order chi connectivity index (χ1) is 6.58. The number of carbonyl (C=O) groups is 1. The molecule has 1 saturated heterocycles. The van der Waals surface area contributed by atoms with Crippen LogP contribution < -0.4 is 0 Å². The number of hydrogen-bond donors (Lipinski definition) is 1. The summed E-state index contributed by atoms with van der Waals surface area (Å²) in [6.45, 7) is 4.34. The van der Waals surface area contributed by atoms with Crippen LogP contribution in [0.4, 0.5) is 0 Å². The second-order valence-corrected chi connectivity index (χ2v) is 3.87. The maximum atomic E-state index is 10.3. The molecular formula is C10H18O4. The molecule has 1 N–H and O–H groups in total. The van der Waals surface area contributed by atoms with Gasteiger partial charge in [-0.3, -0.25) is 4.79 Å². The van der Waals surface area contributed by atoms with E-state index in [0.717, 1.165) is 12.8 Å². The van der Waals surface area contributed by atoms with E-state index in [1.54, 1.807) is 0 Å². The highest BCUT2D eigenvalue weighted by atomic mass is 16.5. The van der Waals surface area contributed by atoms with Crippen LogP contribution in [-0.4, -0.2) is 36.0 Å². The molecule has 14 heavy (non-hydrogen) atoms. The zero-order valence-corrected chi connectivity index (χ0v) is 8.73. The van der Waals surface area contributed by atoms with Gasteiger partial charge in [-0.2, -0.15) is 0 Å². The van der Waals surface area contributed by atoms with Crippen LogP contribution in [0.15, 0.2) is 0 Å². The van der Waals surface area contributed by atoms with Gasteiger partial charge in [-0.15, -0.1) is 0 Å². The highest BCUT2D eigenvalue weighted by molar-refractivity contribution is 5.66. The summed E-state index contributed by atoms with van der Waals surface area (Å²) in [6.07, 6.45) is 2.41. The smallest absolute Gasteiger partial charge is 0.305 e. The normalized spacial score (nSPS) is 32.9. The van der Waals surface area contributed by atoms with Crippen molar-refractivity contribution in [3.63, 3.8) is 0 Å². The molecule has 1 rings (SSSR count). The first kappa shape index (κ1) is 11.5. The van der Waals surface area contributed by atoms with E-state index in [9.17, 15) is 4.79 Å². The molecule has 0 spiro atoms. The number of aliphatic carboxylic acids is 1. The third kappa shape index (κ3) is 4.07. The number of ether oxygens (including phenoxy) is 2. The molecule has 1 fully saturated rings. The average Bonchev–Trinajstić information content (AvgIpc) is 2.01. The van der Waals surface area contributed by atoms with Crippen molar-refractivity contribution < 1.29 is 19.4 Å². The van der Waals surface area contributed by atoms with Crippen LogP contribution >= 0.6 is 0 Å². The zero-order valence-electron chi connectivity index (χ0n) is 8.73. The number of carboxylic acid groups (broad SMARTS) is 1. The maximum absolute atomic E-state index is 10.3. The minimum atomic E-state index is -0.807. The summed E-state index contributed by atoms with van der Waals surface area (Å²) >= 11 is 0. The van der Waals surface area contributed by atoms with Crippen LogP contribution in [0.1, 0.15) is 33.1 Å². The van der Waals surface area contributed by atoms with Gasteiger partial charge in [0.25, 0.3) is 0 Å². The van der Waals surface area contributed by atoms with Gasteiger partial charge in [0.05, 0.1) is 31.3 Å². The van der Waals surface area contributed by atoms with E-state index in [0.29, 0.717) is 6.61 Å². The molecule has 1 aliphatic rings. The van der Waals surface area contributed by atoms with E-state index in [4.69, 9.17) is 14.6 Å². The van der Waals surface area contributed by atoms with Gasteiger partial charge in [0.15, 0.2) is 0 Å². The van der Waals surface area contributed by atoms with Gasteiger partial charge in [-0.1, -0.05) is 0 Å². The third-order valence-electron chi connectivity index (χ3n) is 2.32. The van der Waals surface area contributed by atoms with E-state index >= 15 is 0 Å². The third-order valence-corrected chi connectivity index (χ3v) is 2.32. The predicted octanol–water partition coefficient (Wildman–Crippen LogP) is 1.43. The molecule has 4 nitrogen and oxygen atoms in total. The van der Waals surface area contributed by atoms with Gasteiger partial charge in [0.1, 0.15) is 0 Å². The Morgan fingerprint density at radius 2 is 2.00 bits per heavy atom. The van der Waals surface area contributed by atoms with Crippen LogP contribution in [0.3, 0.4) is 0 Å². The summed E-state index contributed by atoms with van der Waals surface area (Å²) < 4.78 is 11.0. The number of hydrogen-bond acceptors (Lipinski definition) is 3. The second-order valence-electron chi connectivity index (χ2n) is 3.87. The molecule has 1 heterocycles. The van der Waals surface area contributed by atoms with Crippen molar-refractivity contribution in [2.24, 2.45) is 0 Å². The van der Waals surface area contributed by atoms with E-state index in [1.165, 1.54) is 0 Å². The van der Waals surface area contributed by atoms with Gasteiger partial charge < -0.3 is 14.6 Å². The van der Waals surface area contributed by atoms with Gasteiger partial charge in [0.2, 0.25) is 0 Å². The Labute approximate surface area is 84.2 Å². The van der Waals surface area contributed by atoms with E-state index in [2.05, 4.69) is 0 Å². The second kappa shape index (κ2) is 5.32. The van der Waals surface area contributed by atoms with E-state index in [-0.39, 0.29) is 24.7 Å². The first-order valence-electron chi connectivity index (χ1n) is 5.06. The molecule has 0 saturated carbocycles. The van der Waals surface area contributed by atoms with Gasteiger partial charge >= 0.3 is 5.97 Å². The van der Waals surface area contributed by atoms with Crippen molar-refractivity contribution in [3.05, 3.63) is 0 Å². The molecule has 0 aliphatic carbocycles. The fraction of sp³-hybridized carbons (Fsp3) is 0.900. The standard InChI is InChI=1S/C10H18O4/c1-7-5-9(6-8(2)14-7)13-4-3-10(11)12/h7-9H,3-6H2,1-2H3,(H,11,12). The maximum Gasteiger partial charge on any atom is 0.305 e. The van der Waals surface area contributed by atoms with Crippen LogP contribution in [-0.2, 0) is 14.3 Å². The van der Waals surface area contributed by atoms with Crippen LogP contribution in [0.2, 0.25) is 0 Å². The highest BCUT2D eigenvalue weighted by Crippen LogP contribution is 2.21. The van der Waals surface area contributed by atoms with Crippen LogP contribution in [0.25, 0.3) is 0 Å². The Hall–Kier alpha value is -0.610. The molecule has 0 aromatic rings. The fourth-order valence-electron chi connectivity index (χ4n) is 1.79. The minimum Gasteiger partial charge on any atom is -0.481 e. The van der Waals surface area contributed by atoms with Crippen molar-refractivity contribution >= 4 is 5.97 Å². The van der Waals surface area contributed by atoms with Crippen LogP contribution in [0.5, 0.6) is 0 Å². The van der Waals surface area contributed by atoms with E-state index < -0.39 is 5.97 Å². The van der Waals surface area contributed by atoms with Crippen LogP contribution in [0, 0.1) is 0 Å². The van der Waals surface area contributed by atoms with E-state index in [1.807, 2.05) is 13.8 Å². The molecule has 4 heteroatoms. The van der Waals surface area contributed by atoms with Crippen molar-refractivity contribution in [2.75, 3.05) is 6.61 Å². The van der Waals surface area contributed by atoms with Gasteiger partial charge in [0, 0.05) is 0 Å². The zero-order chi connectivity index (χ0) is 10.6. The largest absolute Gasteiger partial charge is 0.481 e. The fourth-order valence-corrected chi connectivity index (χ4v) is 1.79. The molecule has 0 radical (unpaired) electrons. The lowest BCUT2D eigenvalue weighted by atomic mass is 10.0. The molecule has 0 amide bonds. The molecule has 0 aromatic heterocycles.